The molecule has 3 rings (SSSR count). The van der Waals surface area contributed by atoms with Gasteiger partial charge in [-0.25, -0.2) is 9.37 Å². The summed E-state index contributed by atoms with van der Waals surface area (Å²) in [6.07, 6.45) is 3.32. The third-order valence-electron chi connectivity index (χ3n) is 3.53. The van der Waals surface area contributed by atoms with Crippen LogP contribution in [0, 0.1) is 12.7 Å². The highest BCUT2D eigenvalue weighted by molar-refractivity contribution is 5.63. The lowest BCUT2D eigenvalue weighted by molar-refractivity contribution is -0.120. The van der Waals surface area contributed by atoms with Crippen molar-refractivity contribution < 1.29 is 13.9 Å². The molecule has 1 N–H and O–H groups in total. The fraction of sp³-hybridized carbons (Fsp3) is 0.125. The number of hydrogen-bond donors (Lipinski definition) is 1. The number of aromatic nitrogens is 2. The number of fused-ring (bicyclic) bond motifs is 1. The minimum Gasteiger partial charge on any atom is -0.409 e. The molecule has 0 bridgehead atoms. The highest BCUT2D eigenvalue weighted by atomic mass is 19.1. The van der Waals surface area contributed by atoms with Gasteiger partial charge in [0.05, 0.1) is 5.69 Å². The van der Waals surface area contributed by atoms with Crippen LogP contribution >= 0.6 is 0 Å². The van der Waals surface area contributed by atoms with Gasteiger partial charge in [0.2, 0.25) is 5.88 Å². The Morgan fingerprint density at radius 2 is 2.23 bits per heavy atom. The van der Waals surface area contributed by atoms with Gasteiger partial charge in [-0.05, 0) is 36.2 Å². The van der Waals surface area contributed by atoms with Crippen molar-refractivity contribution in [1.29, 1.82) is 0 Å². The number of ether oxygens (including phenoxy) is 1. The van der Waals surface area contributed by atoms with Crippen molar-refractivity contribution in [2.24, 2.45) is 0 Å². The van der Waals surface area contributed by atoms with E-state index in [4.69, 9.17) is 4.74 Å². The summed E-state index contributed by atoms with van der Waals surface area (Å²) in [4.78, 5) is 14.9. The molecule has 3 aromatic rings. The summed E-state index contributed by atoms with van der Waals surface area (Å²) in [5.74, 6) is 0.104. The molecule has 0 unspecified atom stereocenters. The van der Waals surface area contributed by atoms with Crippen LogP contribution in [0.1, 0.15) is 11.1 Å². The van der Waals surface area contributed by atoms with E-state index < -0.39 is 0 Å². The lowest BCUT2D eigenvalue weighted by atomic mass is 10.1. The maximum Gasteiger partial charge on any atom is 0.299 e. The predicted octanol–water partition coefficient (Wildman–Crippen LogP) is 2.93. The SMILES string of the molecule is Cc1c(F)cccc1CNc1ccc2nccn2c1OC=O. The topological polar surface area (TPSA) is 55.6 Å². The van der Waals surface area contributed by atoms with Crippen LogP contribution in [0.4, 0.5) is 10.1 Å². The fourth-order valence-corrected chi connectivity index (χ4v) is 2.30. The minimum atomic E-state index is -0.242. The lowest BCUT2D eigenvalue weighted by Gasteiger charge is -2.13. The average Bonchev–Trinajstić information content (AvgIpc) is 2.99. The van der Waals surface area contributed by atoms with Gasteiger partial charge >= 0.3 is 0 Å². The first-order chi connectivity index (χ1) is 10.7. The Morgan fingerprint density at radius 1 is 1.36 bits per heavy atom. The smallest absolute Gasteiger partial charge is 0.299 e. The molecule has 112 valence electrons. The van der Waals surface area contributed by atoms with Crippen molar-refractivity contribution in [2.45, 2.75) is 13.5 Å². The normalized spacial score (nSPS) is 10.6. The highest BCUT2D eigenvalue weighted by Crippen LogP contribution is 2.26. The van der Waals surface area contributed by atoms with Gasteiger partial charge in [-0.2, -0.15) is 0 Å². The largest absolute Gasteiger partial charge is 0.409 e. The fourth-order valence-electron chi connectivity index (χ4n) is 2.30. The molecule has 0 radical (unpaired) electrons. The molecule has 0 aliphatic heterocycles. The van der Waals surface area contributed by atoms with Gasteiger partial charge in [-0.15, -0.1) is 0 Å². The molecule has 5 nitrogen and oxygen atoms in total. The van der Waals surface area contributed by atoms with Gasteiger partial charge in [0.25, 0.3) is 6.47 Å². The Hall–Kier alpha value is -2.89. The summed E-state index contributed by atoms with van der Waals surface area (Å²) in [7, 11) is 0. The molecule has 0 fully saturated rings. The van der Waals surface area contributed by atoms with Crippen molar-refractivity contribution >= 4 is 17.8 Å². The van der Waals surface area contributed by atoms with E-state index in [9.17, 15) is 9.18 Å². The van der Waals surface area contributed by atoms with Crippen molar-refractivity contribution in [1.82, 2.24) is 9.38 Å². The summed E-state index contributed by atoms with van der Waals surface area (Å²) < 4.78 is 20.3. The third kappa shape index (κ3) is 2.50. The van der Waals surface area contributed by atoms with E-state index >= 15 is 0 Å². The van der Waals surface area contributed by atoms with Crippen LogP contribution in [0.15, 0.2) is 42.7 Å². The zero-order valence-corrected chi connectivity index (χ0v) is 11.9. The zero-order chi connectivity index (χ0) is 15.5. The molecule has 2 heterocycles. The van der Waals surface area contributed by atoms with Crippen molar-refractivity contribution in [3.8, 4) is 5.88 Å². The van der Waals surface area contributed by atoms with Gasteiger partial charge in [0.1, 0.15) is 11.5 Å². The maximum atomic E-state index is 13.6. The van der Waals surface area contributed by atoms with Crippen molar-refractivity contribution in [3.05, 3.63) is 59.7 Å². The molecule has 0 aliphatic carbocycles. The first kappa shape index (κ1) is 14.1. The molecular weight excluding hydrogens is 285 g/mol. The number of rotatable bonds is 5. The molecule has 6 heteroatoms. The average molecular weight is 299 g/mol. The van der Waals surface area contributed by atoms with Crippen LogP contribution in [-0.4, -0.2) is 15.9 Å². The molecule has 22 heavy (non-hydrogen) atoms. The van der Waals surface area contributed by atoms with E-state index in [1.807, 2.05) is 6.07 Å². The van der Waals surface area contributed by atoms with Gasteiger partial charge in [0.15, 0.2) is 0 Å². The quantitative estimate of drug-likeness (QED) is 0.736. The summed E-state index contributed by atoms with van der Waals surface area (Å²) in [6, 6.07) is 8.52. The van der Waals surface area contributed by atoms with Crippen LogP contribution in [0.3, 0.4) is 0 Å². The Balaban J connectivity index is 1.91. The van der Waals surface area contributed by atoms with Crippen molar-refractivity contribution in [2.75, 3.05) is 5.32 Å². The van der Waals surface area contributed by atoms with Gasteiger partial charge in [-0.1, -0.05) is 12.1 Å². The van der Waals surface area contributed by atoms with E-state index in [-0.39, 0.29) is 5.82 Å². The molecule has 0 atom stereocenters. The summed E-state index contributed by atoms with van der Waals surface area (Å²) in [6.45, 7) is 2.51. The second-order valence-corrected chi connectivity index (χ2v) is 4.80. The first-order valence-electron chi connectivity index (χ1n) is 6.75. The highest BCUT2D eigenvalue weighted by Gasteiger charge is 2.10. The van der Waals surface area contributed by atoms with Crippen LogP contribution in [0.25, 0.3) is 5.65 Å². The van der Waals surface area contributed by atoms with Crippen molar-refractivity contribution in [3.63, 3.8) is 0 Å². The Bertz CT molecular complexity index is 829. The molecule has 0 saturated carbocycles. The summed E-state index contributed by atoms with van der Waals surface area (Å²) >= 11 is 0. The summed E-state index contributed by atoms with van der Waals surface area (Å²) in [5, 5.41) is 3.17. The van der Waals surface area contributed by atoms with E-state index in [0.717, 1.165) is 5.56 Å². The second-order valence-electron chi connectivity index (χ2n) is 4.80. The Labute approximate surface area is 126 Å². The summed E-state index contributed by atoms with van der Waals surface area (Å²) in [5.41, 5.74) is 2.73. The molecule has 0 amide bonds. The molecular formula is C16H14FN3O2. The molecule has 0 aliphatic rings. The number of anilines is 1. The van der Waals surface area contributed by atoms with E-state index in [2.05, 4.69) is 10.3 Å². The number of imidazole rings is 1. The first-order valence-corrected chi connectivity index (χ1v) is 6.75. The molecule has 0 saturated heterocycles. The number of nitrogens with zero attached hydrogens (tertiary/aromatic N) is 2. The number of carbonyl (C=O) groups excluding carboxylic acids is 1. The lowest BCUT2D eigenvalue weighted by Crippen LogP contribution is -2.06. The van der Waals surface area contributed by atoms with Crippen LogP contribution in [0.5, 0.6) is 5.88 Å². The Kier molecular flexibility index (Phi) is 3.74. The third-order valence-corrected chi connectivity index (χ3v) is 3.53. The zero-order valence-electron chi connectivity index (χ0n) is 11.9. The number of nitrogens with one attached hydrogen (secondary N) is 1. The maximum absolute atomic E-state index is 13.6. The molecule has 0 spiro atoms. The van der Waals surface area contributed by atoms with Gasteiger partial charge < -0.3 is 10.1 Å². The van der Waals surface area contributed by atoms with Crippen LogP contribution in [0.2, 0.25) is 0 Å². The molecule has 1 aromatic carbocycles. The monoisotopic (exact) mass is 299 g/mol. The number of carbonyl (C=O) groups is 1. The van der Waals surface area contributed by atoms with E-state index in [0.29, 0.717) is 35.8 Å². The predicted molar refractivity (Wildman–Crippen MR) is 80.3 cm³/mol. The van der Waals surface area contributed by atoms with Crippen LogP contribution in [-0.2, 0) is 11.3 Å². The van der Waals surface area contributed by atoms with Crippen LogP contribution < -0.4 is 10.1 Å². The Morgan fingerprint density at radius 3 is 3.05 bits per heavy atom. The number of pyridine rings is 1. The van der Waals surface area contributed by atoms with E-state index in [1.54, 1.807) is 41.9 Å². The van der Waals surface area contributed by atoms with E-state index in [1.165, 1.54) is 6.07 Å². The number of benzene rings is 1. The second kappa shape index (κ2) is 5.85. The number of halogens is 1. The number of hydrogen-bond acceptors (Lipinski definition) is 4. The minimum absolute atomic E-state index is 0.242. The van der Waals surface area contributed by atoms with Gasteiger partial charge in [0, 0.05) is 18.9 Å². The van der Waals surface area contributed by atoms with Gasteiger partial charge in [-0.3, -0.25) is 9.20 Å². The molecule has 2 aromatic heterocycles. The standard InChI is InChI=1S/C16H14FN3O2/c1-11-12(3-2-4-13(11)17)9-19-14-5-6-15-18-7-8-20(15)16(14)22-10-21/h2-8,10,19H,9H2,1H3.